The first kappa shape index (κ1) is 26.2. The van der Waals surface area contributed by atoms with Gasteiger partial charge in [0.2, 0.25) is 5.95 Å². The number of carboxylic acids is 1. The molecule has 0 bridgehead atoms. The summed E-state index contributed by atoms with van der Waals surface area (Å²) in [5, 5.41) is 22.1. The zero-order chi connectivity index (χ0) is 27.1. The Morgan fingerprint density at radius 1 is 1.21 bits per heavy atom. The molecule has 1 aromatic carbocycles. The lowest BCUT2D eigenvalue weighted by molar-refractivity contribution is -0.138. The van der Waals surface area contributed by atoms with E-state index < -0.39 is 5.97 Å². The molecule has 0 unspecified atom stereocenters. The average Bonchev–Trinajstić information content (AvgIpc) is 2.90. The van der Waals surface area contributed by atoms with Crippen LogP contribution in [0.1, 0.15) is 23.9 Å². The lowest BCUT2D eigenvalue weighted by atomic mass is 10.1. The van der Waals surface area contributed by atoms with Crippen LogP contribution in [0.2, 0.25) is 0 Å². The van der Waals surface area contributed by atoms with Crippen molar-refractivity contribution >= 4 is 29.7 Å². The van der Waals surface area contributed by atoms with Crippen molar-refractivity contribution in [2.24, 2.45) is 15.9 Å². The second kappa shape index (κ2) is 11.9. The number of aliphatic imine (C=N–C) groups is 1. The maximum atomic E-state index is 11.0. The van der Waals surface area contributed by atoms with E-state index in [0.29, 0.717) is 47.9 Å². The highest BCUT2D eigenvalue weighted by Gasteiger charge is 2.25. The Morgan fingerprint density at radius 2 is 2.03 bits per heavy atom. The molecule has 194 valence electrons. The van der Waals surface area contributed by atoms with Crippen molar-refractivity contribution in [1.82, 2.24) is 19.9 Å². The maximum Gasteiger partial charge on any atom is 0.317 e. The number of aliphatic carboxylic acids is 1. The van der Waals surface area contributed by atoms with Crippen LogP contribution < -0.4 is 16.5 Å². The molecule has 2 aromatic heterocycles. The van der Waals surface area contributed by atoms with Crippen LogP contribution in [0.25, 0.3) is 11.3 Å². The molecule has 1 aliphatic rings. The number of nitrogen functional groups attached to an aromatic ring is 1. The first-order valence-electron chi connectivity index (χ1n) is 12.0. The lowest BCUT2D eigenvalue weighted by Crippen LogP contribution is -2.53. The van der Waals surface area contributed by atoms with E-state index in [0.717, 1.165) is 11.5 Å². The Labute approximate surface area is 220 Å². The molecule has 1 fully saturated rings. The van der Waals surface area contributed by atoms with Crippen molar-refractivity contribution in [2.45, 2.75) is 19.5 Å². The molecule has 0 aliphatic carbocycles. The molecule has 12 nitrogen and oxygen atoms in total. The predicted octanol–water partition coefficient (Wildman–Crippen LogP) is 1.52. The van der Waals surface area contributed by atoms with Gasteiger partial charge in [-0.25, -0.2) is 15.0 Å². The summed E-state index contributed by atoms with van der Waals surface area (Å²) < 4.78 is 0. The van der Waals surface area contributed by atoms with Crippen molar-refractivity contribution in [3.8, 4) is 17.3 Å². The van der Waals surface area contributed by atoms with Gasteiger partial charge in [-0.2, -0.15) is 10.4 Å². The first-order valence-corrected chi connectivity index (χ1v) is 12.0. The predicted molar refractivity (Wildman–Crippen MR) is 145 cm³/mol. The fourth-order valence-electron chi connectivity index (χ4n) is 4.31. The van der Waals surface area contributed by atoms with Gasteiger partial charge in [0, 0.05) is 31.2 Å². The highest BCUT2D eigenvalue weighted by atomic mass is 16.4. The molecule has 3 heterocycles. The van der Waals surface area contributed by atoms with Gasteiger partial charge in [-0.1, -0.05) is 18.2 Å². The summed E-state index contributed by atoms with van der Waals surface area (Å²) in [7, 11) is 0. The van der Waals surface area contributed by atoms with Crippen LogP contribution >= 0.6 is 0 Å². The number of hydrazone groups is 1. The van der Waals surface area contributed by atoms with Gasteiger partial charge >= 0.3 is 5.97 Å². The Morgan fingerprint density at radius 3 is 2.76 bits per heavy atom. The van der Waals surface area contributed by atoms with E-state index in [2.05, 4.69) is 38.0 Å². The van der Waals surface area contributed by atoms with E-state index in [-0.39, 0.29) is 25.1 Å². The lowest BCUT2D eigenvalue weighted by Gasteiger charge is -2.40. The van der Waals surface area contributed by atoms with Crippen LogP contribution in [0.5, 0.6) is 0 Å². The highest BCUT2D eigenvalue weighted by molar-refractivity contribution is 6.37. The summed E-state index contributed by atoms with van der Waals surface area (Å²) in [5.41, 5.74) is 9.16. The third-order valence-electron chi connectivity index (χ3n) is 6.06. The van der Waals surface area contributed by atoms with Crippen LogP contribution in [-0.2, 0) is 11.3 Å². The molecular formula is C26H28N10O2. The summed E-state index contributed by atoms with van der Waals surface area (Å²) in [4.78, 5) is 32.9. The van der Waals surface area contributed by atoms with Crippen molar-refractivity contribution < 1.29 is 9.90 Å². The highest BCUT2D eigenvalue weighted by Crippen LogP contribution is 2.21. The number of carboxylic acid groups (broad SMARTS) is 1. The Kier molecular flexibility index (Phi) is 8.20. The van der Waals surface area contributed by atoms with Gasteiger partial charge in [0.15, 0.2) is 0 Å². The minimum absolute atomic E-state index is 0.0388. The molecule has 5 N–H and O–H groups in total. The minimum Gasteiger partial charge on any atom is -0.480 e. The summed E-state index contributed by atoms with van der Waals surface area (Å²) >= 11 is 0. The van der Waals surface area contributed by atoms with E-state index in [4.69, 9.17) is 21.7 Å². The standard InChI is InChI=1S/C26H28N10O2/c1-17-15-35(16-25(37)38)8-9-36(17)24-7-3-6-20(31-24)13-30-14-23(34-29)22-11-21(32-26(28)33-22)19-5-2-4-18(10-19)12-27/h2-7,10-11,14,17H,8-9,13,15-16,29H2,1H3,(H,37,38)(H2,28,32,33)/t17-/m0/s1. The summed E-state index contributed by atoms with van der Waals surface area (Å²) in [6.07, 6.45) is 1.51. The molecule has 0 radical (unpaired) electrons. The third kappa shape index (κ3) is 6.45. The molecule has 4 rings (SSSR count). The van der Waals surface area contributed by atoms with E-state index in [9.17, 15) is 10.1 Å². The molecule has 3 aromatic rings. The first-order chi connectivity index (χ1) is 18.4. The largest absolute Gasteiger partial charge is 0.480 e. The summed E-state index contributed by atoms with van der Waals surface area (Å²) in [5.74, 6) is 5.68. The molecule has 12 heteroatoms. The van der Waals surface area contributed by atoms with E-state index >= 15 is 0 Å². The average molecular weight is 513 g/mol. The number of carbonyl (C=O) groups is 1. The number of nitrogens with zero attached hydrogens (tertiary/aromatic N) is 8. The fourth-order valence-corrected chi connectivity index (χ4v) is 4.31. The van der Waals surface area contributed by atoms with Crippen LogP contribution in [-0.4, -0.2) is 75.1 Å². The molecule has 0 amide bonds. The van der Waals surface area contributed by atoms with E-state index in [1.807, 2.05) is 29.2 Å². The van der Waals surface area contributed by atoms with Gasteiger partial charge in [0.1, 0.15) is 11.5 Å². The Balaban J connectivity index is 1.46. The van der Waals surface area contributed by atoms with Crippen LogP contribution in [0.4, 0.5) is 11.8 Å². The second-order valence-corrected chi connectivity index (χ2v) is 8.83. The van der Waals surface area contributed by atoms with Crippen LogP contribution in [0.15, 0.2) is 58.6 Å². The molecular weight excluding hydrogens is 484 g/mol. The normalized spacial score (nSPS) is 16.5. The third-order valence-corrected chi connectivity index (χ3v) is 6.06. The Hall–Kier alpha value is -4.89. The van der Waals surface area contributed by atoms with Crippen LogP contribution in [0, 0.1) is 11.3 Å². The van der Waals surface area contributed by atoms with E-state index in [1.54, 1.807) is 24.3 Å². The molecule has 0 saturated carbocycles. The SMILES string of the molecule is C[C@H]1CN(CC(=O)O)CCN1c1cccc(CN=CC(=NN)c2cc(-c3cccc(C#N)c3)nc(N)n2)n1. The van der Waals surface area contributed by atoms with Gasteiger partial charge in [-0.15, -0.1) is 0 Å². The number of anilines is 2. The number of rotatable bonds is 8. The van der Waals surface area contributed by atoms with Gasteiger partial charge in [0.25, 0.3) is 0 Å². The zero-order valence-corrected chi connectivity index (χ0v) is 20.9. The van der Waals surface area contributed by atoms with Crippen LogP contribution in [0.3, 0.4) is 0 Å². The van der Waals surface area contributed by atoms with E-state index in [1.165, 1.54) is 6.21 Å². The smallest absolute Gasteiger partial charge is 0.317 e. The van der Waals surface area contributed by atoms with Crippen molar-refractivity contribution in [3.05, 3.63) is 65.5 Å². The maximum absolute atomic E-state index is 11.0. The van der Waals surface area contributed by atoms with Crippen molar-refractivity contribution in [2.75, 3.05) is 36.8 Å². The van der Waals surface area contributed by atoms with Crippen molar-refractivity contribution in [3.63, 3.8) is 0 Å². The number of hydrogen-bond donors (Lipinski definition) is 3. The Bertz CT molecular complexity index is 1420. The number of nitriles is 1. The zero-order valence-electron chi connectivity index (χ0n) is 20.9. The number of hydrogen-bond acceptors (Lipinski definition) is 11. The summed E-state index contributed by atoms with van der Waals surface area (Å²) in [6.45, 7) is 4.38. The van der Waals surface area contributed by atoms with Gasteiger partial charge in [-0.05, 0) is 37.3 Å². The molecule has 1 aliphatic heterocycles. The molecule has 0 spiro atoms. The van der Waals surface area contributed by atoms with Gasteiger partial charge in [-0.3, -0.25) is 14.7 Å². The minimum atomic E-state index is -0.821. The fraction of sp³-hybridized carbons (Fsp3) is 0.269. The molecule has 1 saturated heterocycles. The summed E-state index contributed by atoms with van der Waals surface area (Å²) in [6, 6.07) is 16.7. The number of piperazine rings is 1. The van der Waals surface area contributed by atoms with Crippen molar-refractivity contribution in [1.29, 1.82) is 5.26 Å². The monoisotopic (exact) mass is 512 g/mol. The number of nitrogens with two attached hydrogens (primary N) is 2. The number of benzene rings is 1. The number of pyridine rings is 1. The van der Waals surface area contributed by atoms with Gasteiger partial charge in [0.05, 0.1) is 48.0 Å². The molecule has 38 heavy (non-hydrogen) atoms. The quantitative estimate of drug-likeness (QED) is 0.227. The second-order valence-electron chi connectivity index (χ2n) is 8.83. The van der Waals surface area contributed by atoms with Gasteiger partial charge < -0.3 is 21.6 Å². The molecule has 1 atom stereocenters. The topological polar surface area (TPSA) is 183 Å². The number of aromatic nitrogens is 3.